The summed E-state index contributed by atoms with van der Waals surface area (Å²) in [4.78, 5) is 10.6. The first-order chi connectivity index (χ1) is 6.49. The predicted molar refractivity (Wildman–Crippen MR) is 46.6 cm³/mol. The molecule has 0 aliphatic rings. The first kappa shape index (κ1) is 10.6. The fraction of sp³-hybridized carbons (Fsp3) is 0.125. The van der Waals surface area contributed by atoms with Gasteiger partial charge in [-0.05, 0) is 0 Å². The molecule has 0 aromatic heterocycles. The van der Waals surface area contributed by atoms with Crippen molar-refractivity contribution >= 4 is 17.6 Å². The van der Waals surface area contributed by atoms with Crippen LogP contribution >= 0.6 is 11.6 Å². The van der Waals surface area contributed by atoms with Crippen molar-refractivity contribution in [2.24, 2.45) is 0 Å². The zero-order valence-electron chi connectivity index (χ0n) is 7.04. The van der Waals surface area contributed by atoms with Gasteiger partial charge in [0, 0.05) is 6.07 Å². The number of aromatic hydroxyl groups is 1. The van der Waals surface area contributed by atoms with Gasteiger partial charge in [-0.2, -0.15) is 0 Å². The van der Waals surface area contributed by atoms with Gasteiger partial charge in [-0.25, -0.2) is 9.18 Å². The minimum Gasteiger partial charge on any atom is -0.505 e. The Morgan fingerprint density at radius 2 is 2.21 bits per heavy atom. The summed E-state index contributed by atoms with van der Waals surface area (Å²) in [5.74, 6) is -3.96. The quantitative estimate of drug-likeness (QED) is 0.799. The van der Waals surface area contributed by atoms with E-state index in [1.165, 1.54) is 0 Å². The van der Waals surface area contributed by atoms with Crippen molar-refractivity contribution in [3.05, 3.63) is 22.5 Å². The van der Waals surface area contributed by atoms with Gasteiger partial charge in [-0.1, -0.05) is 11.6 Å². The molecule has 2 N–H and O–H groups in total. The average Bonchev–Trinajstić information content (AvgIpc) is 2.10. The summed E-state index contributed by atoms with van der Waals surface area (Å²) >= 11 is 5.54. The largest absolute Gasteiger partial charge is 0.505 e. The van der Waals surface area contributed by atoms with Gasteiger partial charge in [-0.15, -0.1) is 0 Å². The Bertz CT molecular complexity index is 391. The van der Waals surface area contributed by atoms with Gasteiger partial charge in [0.15, 0.2) is 17.3 Å². The van der Waals surface area contributed by atoms with E-state index in [1.807, 2.05) is 0 Å². The Labute approximate surface area is 83.5 Å². The average molecular weight is 221 g/mol. The lowest BCUT2D eigenvalue weighted by atomic mass is 10.1. The second-order valence-electron chi connectivity index (χ2n) is 2.40. The summed E-state index contributed by atoms with van der Waals surface area (Å²) in [5.41, 5.74) is -0.780. The molecule has 0 aliphatic carbocycles. The Kier molecular flexibility index (Phi) is 2.81. The van der Waals surface area contributed by atoms with Crippen LogP contribution in [0.5, 0.6) is 11.5 Å². The third-order valence-electron chi connectivity index (χ3n) is 1.57. The molecule has 14 heavy (non-hydrogen) atoms. The van der Waals surface area contributed by atoms with Crippen molar-refractivity contribution in [3.8, 4) is 11.5 Å². The molecule has 6 heteroatoms. The summed E-state index contributed by atoms with van der Waals surface area (Å²) in [5, 5.41) is 17.4. The van der Waals surface area contributed by atoms with Crippen LogP contribution in [-0.4, -0.2) is 23.3 Å². The van der Waals surface area contributed by atoms with Crippen LogP contribution in [0.15, 0.2) is 6.07 Å². The van der Waals surface area contributed by atoms with Gasteiger partial charge in [-0.3, -0.25) is 0 Å². The fourth-order valence-electron chi connectivity index (χ4n) is 0.987. The van der Waals surface area contributed by atoms with Gasteiger partial charge < -0.3 is 14.9 Å². The molecular weight excluding hydrogens is 215 g/mol. The van der Waals surface area contributed by atoms with Crippen molar-refractivity contribution in [3.63, 3.8) is 0 Å². The van der Waals surface area contributed by atoms with Crippen LogP contribution in [0.1, 0.15) is 10.4 Å². The molecule has 0 fully saturated rings. The van der Waals surface area contributed by atoms with Gasteiger partial charge in [0.1, 0.15) is 5.56 Å². The zero-order valence-corrected chi connectivity index (χ0v) is 7.80. The lowest BCUT2D eigenvalue weighted by molar-refractivity contribution is 0.0687. The number of halogens is 2. The van der Waals surface area contributed by atoms with E-state index in [1.54, 1.807) is 0 Å². The monoisotopic (exact) mass is 220 g/mol. The number of carboxylic acid groups (broad SMARTS) is 1. The minimum absolute atomic E-state index is 0.163. The first-order valence-corrected chi connectivity index (χ1v) is 3.85. The van der Waals surface area contributed by atoms with Crippen LogP contribution in [0.4, 0.5) is 4.39 Å². The number of phenolic OH excluding ortho intramolecular Hbond substituents is 1. The topological polar surface area (TPSA) is 66.8 Å². The maximum Gasteiger partial charge on any atom is 0.342 e. The van der Waals surface area contributed by atoms with E-state index in [9.17, 15) is 9.18 Å². The molecule has 0 saturated heterocycles. The third-order valence-corrected chi connectivity index (χ3v) is 1.85. The van der Waals surface area contributed by atoms with Crippen molar-refractivity contribution in [2.75, 3.05) is 7.11 Å². The van der Waals surface area contributed by atoms with Crippen molar-refractivity contribution in [2.45, 2.75) is 0 Å². The van der Waals surface area contributed by atoms with Crippen molar-refractivity contribution < 1.29 is 24.1 Å². The van der Waals surface area contributed by atoms with E-state index in [0.29, 0.717) is 0 Å². The second-order valence-corrected chi connectivity index (χ2v) is 2.81. The van der Waals surface area contributed by atoms with Crippen LogP contribution in [0.25, 0.3) is 0 Å². The lowest BCUT2D eigenvalue weighted by Crippen LogP contribution is -2.04. The number of hydrogen-bond acceptors (Lipinski definition) is 3. The number of phenols is 1. The van der Waals surface area contributed by atoms with Gasteiger partial charge in [0.25, 0.3) is 0 Å². The van der Waals surface area contributed by atoms with Crippen LogP contribution in [-0.2, 0) is 0 Å². The SMILES string of the molecule is COc1c(Cl)cc(O)c(F)c1C(=O)O. The number of methoxy groups -OCH3 is 1. The normalized spacial score (nSPS) is 9.93. The van der Waals surface area contributed by atoms with E-state index < -0.39 is 23.1 Å². The van der Waals surface area contributed by atoms with E-state index >= 15 is 0 Å². The summed E-state index contributed by atoms with van der Waals surface area (Å²) in [6, 6.07) is 0.877. The van der Waals surface area contributed by atoms with Crippen LogP contribution in [0.3, 0.4) is 0 Å². The van der Waals surface area contributed by atoms with E-state index in [4.69, 9.17) is 21.8 Å². The highest BCUT2D eigenvalue weighted by Gasteiger charge is 2.23. The molecule has 0 heterocycles. The maximum atomic E-state index is 13.1. The highest BCUT2D eigenvalue weighted by Crippen LogP contribution is 2.35. The number of benzene rings is 1. The molecule has 76 valence electrons. The Balaban J connectivity index is 3.56. The minimum atomic E-state index is -1.56. The standard InChI is InChI=1S/C8H6ClFO4/c1-14-7-3(9)2-4(11)6(10)5(7)8(12)13/h2,11H,1H3,(H,12,13). The molecule has 0 radical (unpaired) electrons. The van der Waals surface area contributed by atoms with Crippen molar-refractivity contribution in [1.82, 2.24) is 0 Å². The van der Waals surface area contributed by atoms with Gasteiger partial charge in [0.2, 0.25) is 0 Å². The Morgan fingerprint density at radius 1 is 1.64 bits per heavy atom. The molecule has 1 aromatic carbocycles. The van der Waals surface area contributed by atoms with Crippen LogP contribution < -0.4 is 4.74 Å². The summed E-state index contributed by atoms with van der Waals surface area (Å²) in [7, 11) is 1.16. The Hall–Kier alpha value is -1.49. The fourth-order valence-corrected chi connectivity index (χ4v) is 1.26. The number of hydrogen-bond donors (Lipinski definition) is 2. The highest BCUT2D eigenvalue weighted by molar-refractivity contribution is 6.32. The summed E-state index contributed by atoms with van der Waals surface area (Å²) < 4.78 is 17.7. The van der Waals surface area contributed by atoms with Gasteiger partial charge >= 0.3 is 5.97 Å². The van der Waals surface area contributed by atoms with E-state index in [2.05, 4.69) is 4.74 Å². The second kappa shape index (κ2) is 3.71. The smallest absolute Gasteiger partial charge is 0.342 e. The van der Waals surface area contributed by atoms with E-state index in [0.717, 1.165) is 13.2 Å². The molecule has 0 aliphatic heterocycles. The van der Waals surface area contributed by atoms with Crippen LogP contribution in [0.2, 0.25) is 5.02 Å². The van der Waals surface area contributed by atoms with Crippen LogP contribution in [0, 0.1) is 5.82 Å². The molecule has 0 atom stereocenters. The number of carboxylic acids is 1. The molecule has 1 aromatic rings. The summed E-state index contributed by atoms with van der Waals surface area (Å²) in [6.07, 6.45) is 0. The molecule has 0 unspecified atom stereocenters. The summed E-state index contributed by atoms with van der Waals surface area (Å²) in [6.45, 7) is 0. The first-order valence-electron chi connectivity index (χ1n) is 3.47. The lowest BCUT2D eigenvalue weighted by Gasteiger charge is -2.08. The molecule has 0 saturated carbocycles. The predicted octanol–water partition coefficient (Wildman–Crippen LogP) is 1.89. The molecule has 4 nitrogen and oxygen atoms in total. The molecule has 0 bridgehead atoms. The maximum absolute atomic E-state index is 13.1. The zero-order chi connectivity index (χ0) is 10.9. The molecule has 1 rings (SSSR count). The highest BCUT2D eigenvalue weighted by atomic mass is 35.5. The molecule has 0 spiro atoms. The number of rotatable bonds is 2. The number of aromatic carboxylic acids is 1. The van der Waals surface area contributed by atoms with Gasteiger partial charge in [0.05, 0.1) is 12.1 Å². The number of ether oxygens (including phenoxy) is 1. The molecule has 0 amide bonds. The Morgan fingerprint density at radius 3 is 2.64 bits per heavy atom. The number of carbonyl (C=O) groups is 1. The molecular formula is C8H6ClFO4. The third kappa shape index (κ3) is 1.58. The van der Waals surface area contributed by atoms with E-state index in [-0.39, 0.29) is 10.8 Å². The van der Waals surface area contributed by atoms with Crippen molar-refractivity contribution in [1.29, 1.82) is 0 Å².